The molecule has 0 bridgehead atoms. The number of rotatable bonds is 7. The van der Waals surface area contributed by atoms with Gasteiger partial charge < -0.3 is 13.7 Å². The Kier molecular flexibility index (Phi) is 7.03. The molecule has 3 aromatic heterocycles. The lowest BCUT2D eigenvalue weighted by atomic mass is 10.1. The summed E-state index contributed by atoms with van der Waals surface area (Å²) in [6.07, 6.45) is 7.37. The van der Waals surface area contributed by atoms with Crippen LogP contribution in [0, 0.1) is 0 Å². The van der Waals surface area contributed by atoms with Crippen molar-refractivity contribution in [2.45, 2.75) is 13.1 Å². The fourth-order valence-corrected chi connectivity index (χ4v) is 5.51. The van der Waals surface area contributed by atoms with Gasteiger partial charge in [0.25, 0.3) is 5.91 Å². The molecule has 0 aliphatic carbocycles. The van der Waals surface area contributed by atoms with E-state index in [9.17, 15) is 9.59 Å². The molecule has 0 radical (unpaired) electrons. The van der Waals surface area contributed by atoms with Crippen LogP contribution in [0.2, 0.25) is 0 Å². The monoisotopic (exact) mass is 548 g/mol. The molecule has 40 heavy (non-hydrogen) atoms. The zero-order valence-electron chi connectivity index (χ0n) is 21.6. The molecule has 0 atom stereocenters. The summed E-state index contributed by atoms with van der Waals surface area (Å²) in [6.45, 7) is 0.779. The van der Waals surface area contributed by atoms with Crippen molar-refractivity contribution in [1.29, 1.82) is 0 Å². The zero-order chi connectivity index (χ0) is 27.5. The maximum Gasteiger partial charge on any atom is 0.373 e. The molecule has 0 unspecified atom stereocenters. The minimum absolute atomic E-state index is 0.117. The van der Waals surface area contributed by atoms with Crippen LogP contribution in [0.15, 0.2) is 112 Å². The molecule has 198 valence electrons. The number of para-hydroxylation sites is 2. The second-order valence-corrected chi connectivity index (χ2v) is 10.1. The summed E-state index contributed by atoms with van der Waals surface area (Å²) in [7, 11) is 1.32. The standard InChI is InChI=1S/C31H24N4O4S/c1-38-30(37)27-14-13-24(39-27)20-34-19-22(25-11-5-6-12-26(25)34)16-28-29(36)35(18-21-8-7-15-32-17-21)31(40-28)33-23-9-3-2-4-10-23/h2-17,19H,18,20H2,1H3/b28-16-,33-31?. The summed E-state index contributed by atoms with van der Waals surface area (Å²) in [5.41, 5.74) is 3.57. The number of ether oxygens (including phenoxy) is 1. The maximum atomic E-state index is 13.7. The van der Waals surface area contributed by atoms with Crippen LogP contribution >= 0.6 is 11.8 Å². The molecule has 1 fully saturated rings. The molecule has 6 rings (SSSR count). The van der Waals surface area contributed by atoms with Crippen molar-refractivity contribution in [3.8, 4) is 0 Å². The number of thioether (sulfide) groups is 1. The molecule has 1 amide bonds. The summed E-state index contributed by atoms with van der Waals surface area (Å²) in [5, 5.41) is 1.61. The highest BCUT2D eigenvalue weighted by Gasteiger charge is 2.34. The minimum Gasteiger partial charge on any atom is -0.463 e. The second-order valence-electron chi connectivity index (χ2n) is 9.08. The molecule has 9 heteroatoms. The van der Waals surface area contributed by atoms with E-state index in [0.29, 0.717) is 28.9 Å². The number of aromatic nitrogens is 2. The van der Waals surface area contributed by atoms with Gasteiger partial charge in [0.05, 0.1) is 30.8 Å². The van der Waals surface area contributed by atoms with Gasteiger partial charge in [0.2, 0.25) is 5.76 Å². The second kappa shape index (κ2) is 11.1. The molecule has 2 aromatic carbocycles. The van der Waals surface area contributed by atoms with E-state index in [1.807, 2.05) is 83.6 Å². The molecule has 0 saturated carbocycles. The highest BCUT2D eigenvalue weighted by molar-refractivity contribution is 8.18. The molecule has 1 aliphatic heterocycles. The van der Waals surface area contributed by atoms with Crippen LogP contribution in [0.4, 0.5) is 5.69 Å². The minimum atomic E-state index is -0.519. The average Bonchev–Trinajstić information content (AvgIpc) is 3.68. The highest BCUT2D eigenvalue weighted by Crippen LogP contribution is 2.36. The van der Waals surface area contributed by atoms with Crippen LogP contribution in [0.3, 0.4) is 0 Å². The van der Waals surface area contributed by atoms with Crippen molar-refractivity contribution >= 4 is 51.5 Å². The molecule has 1 saturated heterocycles. The van der Waals surface area contributed by atoms with Crippen LogP contribution in [0.25, 0.3) is 17.0 Å². The topological polar surface area (TPSA) is 89.9 Å². The molecule has 0 spiro atoms. The van der Waals surface area contributed by atoms with Gasteiger partial charge in [-0.1, -0.05) is 42.5 Å². The Morgan fingerprint density at radius 2 is 1.85 bits per heavy atom. The van der Waals surface area contributed by atoms with E-state index >= 15 is 0 Å². The smallest absolute Gasteiger partial charge is 0.373 e. The first-order chi connectivity index (χ1) is 19.6. The van der Waals surface area contributed by atoms with Crippen LogP contribution in [-0.4, -0.2) is 38.6 Å². The van der Waals surface area contributed by atoms with Gasteiger partial charge in [0.15, 0.2) is 5.17 Å². The van der Waals surface area contributed by atoms with Crippen molar-refractivity contribution in [2.24, 2.45) is 4.99 Å². The summed E-state index contributed by atoms with van der Waals surface area (Å²) < 4.78 is 12.5. The Balaban J connectivity index is 1.36. The number of esters is 1. The van der Waals surface area contributed by atoms with Gasteiger partial charge in [0.1, 0.15) is 5.76 Å². The Morgan fingerprint density at radius 3 is 2.65 bits per heavy atom. The fraction of sp³-hybridized carbons (Fsp3) is 0.0968. The van der Waals surface area contributed by atoms with Crippen molar-refractivity contribution in [3.63, 3.8) is 0 Å². The number of furan rings is 1. The number of methoxy groups -OCH3 is 1. The van der Waals surface area contributed by atoms with Gasteiger partial charge in [-0.15, -0.1) is 0 Å². The quantitative estimate of drug-likeness (QED) is 0.176. The van der Waals surface area contributed by atoms with Crippen molar-refractivity contribution in [1.82, 2.24) is 14.5 Å². The number of amides is 1. The van der Waals surface area contributed by atoms with Crippen LogP contribution < -0.4 is 0 Å². The molecule has 8 nitrogen and oxygen atoms in total. The predicted octanol–water partition coefficient (Wildman–Crippen LogP) is 6.27. The number of carbonyl (C=O) groups excluding carboxylic acids is 2. The lowest BCUT2D eigenvalue weighted by Crippen LogP contribution is -2.28. The summed E-state index contributed by atoms with van der Waals surface area (Å²) >= 11 is 1.35. The third kappa shape index (κ3) is 5.19. The molecular weight excluding hydrogens is 524 g/mol. The molecule has 4 heterocycles. The van der Waals surface area contributed by atoms with E-state index in [1.54, 1.807) is 29.4 Å². The Labute approximate surface area is 234 Å². The number of benzene rings is 2. The Morgan fingerprint density at radius 1 is 1.02 bits per heavy atom. The SMILES string of the molecule is COC(=O)c1ccc(Cn2cc(/C=C3\SC(=Nc4ccccc4)N(Cc4cccnc4)C3=O)c3ccccc32)o1. The normalized spacial score (nSPS) is 15.4. The fourth-order valence-electron chi connectivity index (χ4n) is 4.52. The first-order valence-corrected chi connectivity index (χ1v) is 13.4. The number of nitrogens with zero attached hydrogens (tertiary/aromatic N) is 4. The van der Waals surface area contributed by atoms with Crippen LogP contribution in [0.1, 0.15) is 27.4 Å². The van der Waals surface area contributed by atoms with Crippen LogP contribution in [0.5, 0.6) is 0 Å². The number of amidine groups is 1. The number of hydrogen-bond acceptors (Lipinski definition) is 7. The molecular formula is C31H24N4O4S. The first kappa shape index (κ1) is 25.4. The number of pyridine rings is 1. The Bertz CT molecular complexity index is 1760. The summed E-state index contributed by atoms with van der Waals surface area (Å²) in [6, 6.07) is 24.7. The summed E-state index contributed by atoms with van der Waals surface area (Å²) in [5.74, 6) is 0.138. The van der Waals surface area contributed by atoms with E-state index in [1.165, 1.54) is 18.9 Å². The van der Waals surface area contributed by atoms with E-state index in [0.717, 1.165) is 27.7 Å². The van der Waals surface area contributed by atoms with E-state index < -0.39 is 5.97 Å². The lowest BCUT2D eigenvalue weighted by Gasteiger charge is -2.15. The lowest BCUT2D eigenvalue weighted by molar-refractivity contribution is -0.122. The first-order valence-electron chi connectivity index (χ1n) is 12.6. The largest absolute Gasteiger partial charge is 0.463 e. The van der Waals surface area contributed by atoms with Crippen molar-refractivity contribution < 1.29 is 18.7 Å². The number of aliphatic imine (C=N–C) groups is 1. The molecule has 0 N–H and O–H groups in total. The van der Waals surface area contributed by atoms with Crippen molar-refractivity contribution in [2.75, 3.05) is 7.11 Å². The van der Waals surface area contributed by atoms with E-state index in [-0.39, 0.29) is 11.7 Å². The third-order valence-electron chi connectivity index (χ3n) is 6.41. The van der Waals surface area contributed by atoms with Crippen molar-refractivity contribution in [3.05, 3.63) is 125 Å². The number of carbonyl (C=O) groups is 2. The number of hydrogen-bond donors (Lipinski definition) is 0. The van der Waals surface area contributed by atoms with Gasteiger partial charge in [-0.05, 0) is 59.8 Å². The molecule has 5 aromatic rings. The van der Waals surface area contributed by atoms with Gasteiger partial charge in [0, 0.05) is 35.1 Å². The van der Waals surface area contributed by atoms with Gasteiger partial charge in [-0.25, -0.2) is 9.79 Å². The number of fused-ring (bicyclic) bond motifs is 1. The maximum absolute atomic E-state index is 13.7. The van der Waals surface area contributed by atoms with Gasteiger partial charge in [-0.2, -0.15) is 0 Å². The molecule has 1 aliphatic rings. The van der Waals surface area contributed by atoms with Gasteiger partial charge >= 0.3 is 5.97 Å². The average molecular weight is 549 g/mol. The van der Waals surface area contributed by atoms with Gasteiger partial charge in [-0.3, -0.25) is 14.7 Å². The Hall–Kier alpha value is -4.89. The third-order valence-corrected chi connectivity index (χ3v) is 7.42. The zero-order valence-corrected chi connectivity index (χ0v) is 22.4. The highest BCUT2D eigenvalue weighted by atomic mass is 32.2. The van der Waals surface area contributed by atoms with E-state index in [4.69, 9.17) is 14.1 Å². The van der Waals surface area contributed by atoms with E-state index in [2.05, 4.69) is 4.98 Å². The summed E-state index contributed by atoms with van der Waals surface area (Å²) in [4.78, 5) is 36.8. The van der Waals surface area contributed by atoms with Crippen LogP contribution in [-0.2, 0) is 22.6 Å². The predicted molar refractivity (Wildman–Crippen MR) is 155 cm³/mol.